The Labute approximate surface area is 132 Å². The number of carbonyl (C=O) groups is 1. The summed E-state index contributed by atoms with van der Waals surface area (Å²) in [5, 5.41) is 23.3. The first-order valence-electron chi connectivity index (χ1n) is 7.22. The second kappa shape index (κ2) is 6.49. The molecular weight excluding hydrogens is 298 g/mol. The van der Waals surface area contributed by atoms with Crippen LogP contribution >= 0.6 is 0 Å². The van der Waals surface area contributed by atoms with Crippen LogP contribution in [0.5, 0.6) is 0 Å². The van der Waals surface area contributed by atoms with Crippen molar-refractivity contribution < 1.29 is 14.3 Å². The van der Waals surface area contributed by atoms with Gasteiger partial charge in [0.15, 0.2) is 5.65 Å². The lowest BCUT2D eigenvalue weighted by atomic mass is 10.1. The van der Waals surface area contributed by atoms with Gasteiger partial charge in [-0.2, -0.15) is 0 Å². The number of aliphatic hydroxyl groups is 1. The normalized spacial score (nSPS) is 13.7. The summed E-state index contributed by atoms with van der Waals surface area (Å²) in [4.78, 5) is 12.0. The summed E-state index contributed by atoms with van der Waals surface area (Å²) in [5.74, 6) is 0.805. The number of aromatic nitrogens is 3. The molecule has 0 spiro atoms. The number of nitrogens with one attached hydrogen (secondary N) is 2. The zero-order valence-electron chi connectivity index (χ0n) is 12.5. The van der Waals surface area contributed by atoms with E-state index in [1.54, 1.807) is 35.7 Å². The highest BCUT2D eigenvalue weighted by molar-refractivity contribution is 5.87. The molecule has 0 aliphatic heterocycles. The molecule has 8 heteroatoms. The summed E-state index contributed by atoms with van der Waals surface area (Å²) in [6.07, 6.45) is 2.82. The average Bonchev–Trinajstić information content (AvgIpc) is 3.17. The Morgan fingerprint density at radius 2 is 2.22 bits per heavy atom. The minimum atomic E-state index is -0.769. The summed E-state index contributed by atoms with van der Waals surface area (Å²) >= 11 is 0. The second-order valence-electron chi connectivity index (χ2n) is 5.22. The zero-order chi connectivity index (χ0) is 16.2. The van der Waals surface area contributed by atoms with E-state index in [0.717, 1.165) is 0 Å². The average molecular weight is 315 g/mol. The van der Waals surface area contributed by atoms with E-state index in [9.17, 15) is 9.90 Å². The number of fused-ring (bicyclic) bond motifs is 1. The second-order valence-corrected chi connectivity index (χ2v) is 5.22. The largest absolute Gasteiger partial charge is 0.467 e. The van der Waals surface area contributed by atoms with Gasteiger partial charge in [-0.3, -0.25) is 9.72 Å². The van der Waals surface area contributed by atoms with Crippen LogP contribution in [0.25, 0.3) is 5.65 Å². The third-order valence-electron chi connectivity index (χ3n) is 3.36. The van der Waals surface area contributed by atoms with Crippen molar-refractivity contribution in [2.75, 3.05) is 5.32 Å². The van der Waals surface area contributed by atoms with Crippen LogP contribution < -0.4 is 10.6 Å². The number of rotatable bonds is 5. The van der Waals surface area contributed by atoms with Crippen molar-refractivity contribution >= 4 is 17.6 Å². The first-order valence-corrected chi connectivity index (χ1v) is 7.22. The van der Waals surface area contributed by atoms with E-state index in [1.807, 2.05) is 12.1 Å². The Morgan fingerprint density at radius 3 is 3.00 bits per heavy atom. The molecule has 23 heavy (non-hydrogen) atoms. The SMILES string of the molecule is C[C@@H](C[C@H](O)c1ccco1)NC(=O)Nc1nnc2ccccn12. The topological polar surface area (TPSA) is 105 Å². The van der Waals surface area contributed by atoms with Gasteiger partial charge in [0.25, 0.3) is 0 Å². The summed E-state index contributed by atoms with van der Waals surface area (Å²) in [6, 6.07) is 8.18. The standard InChI is InChI=1S/C15H17N5O3/c1-10(9-11(21)12-5-4-8-23-12)16-15(22)17-14-19-18-13-6-2-3-7-20(13)14/h2-8,10-11,21H,9H2,1H3,(H2,16,17,19,22)/t10-,11-/m0/s1. The first kappa shape index (κ1) is 15.0. The number of urea groups is 1. The van der Waals surface area contributed by atoms with Crippen molar-refractivity contribution in [2.24, 2.45) is 0 Å². The number of pyridine rings is 1. The number of anilines is 1. The number of amides is 2. The Kier molecular flexibility index (Phi) is 4.24. The summed E-state index contributed by atoms with van der Waals surface area (Å²) in [5.41, 5.74) is 0.643. The van der Waals surface area contributed by atoms with E-state index in [-0.39, 0.29) is 6.04 Å². The van der Waals surface area contributed by atoms with Crippen LogP contribution in [0.1, 0.15) is 25.2 Å². The van der Waals surface area contributed by atoms with Crippen molar-refractivity contribution in [1.82, 2.24) is 19.9 Å². The fraction of sp³-hybridized carbons (Fsp3) is 0.267. The molecule has 0 fully saturated rings. The van der Waals surface area contributed by atoms with Gasteiger partial charge in [0.05, 0.1) is 6.26 Å². The quantitative estimate of drug-likeness (QED) is 0.667. The van der Waals surface area contributed by atoms with Crippen molar-refractivity contribution in [3.05, 3.63) is 48.6 Å². The van der Waals surface area contributed by atoms with Crippen molar-refractivity contribution in [2.45, 2.75) is 25.5 Å². The van der Waals surface area contributed by atoms with Gasteiger partial charge in [-0.25, -0.2) is 4.79 Å². The molecule has 8 nitrogen and oxygen atoms in total. The van der Waals surface area contributed by atoms with E-state index in [2.05, 4.69) is 20.8 Å². The maximum Gasteiger partial charge on any atom is 0.321 e. The fourth-order valence-electron chi connectivity index (χ4n) is 2.28. The van der Waals surface area contributed by atoms with Crippen molar-refractivity contribution in [3.63, 3.8) is 0 Å². The predicted octanol–water partition coefficient (Wildman–Crippen LogP) is 1.96. The van der Waals surface area contributed by atoms with E-state index in [1.165, 1.54) is 6.26 Å². The minimum absolute atomic E-state index is 0.255. The number of hydrogen-bond acceptors (Lipinski definition) is 5. The monoisotopic (exact) mass is 315 g/mol. The number of nitrogens with zero attached hydrogens (tertiary/aromatic N) is 3. The van der Waals surface area contributed by atoms with Crippen LogP contribution in [0.15, 0.2) is 47.2 Å². The molecule has 0 bridgehead atoms. The smallest absolute Gasteiger partial charge is 0.321 e. The van der Waals surface area contributed by atoms with Gasteiger partial charge in [0, 0.05) is 18.7 Å². The fourth-order valence-corrected chi connectivity index (χ4v) is 2.28. The molecule has 3 aromatic rings. The molecule has 0 aliphatic carbocycles. The summed E-state index contributed by atoms with van der Waals surface area (Å²) in [6.45, 7) is 1.80. The van der Waals surface area contributed by atoms with Crippen molar-refractivity contribution in [1.29, 1.82) is 0 Å². The Morgan fingerprint density at radius 1 is 1.35 bits per heavy atom. The first-order chi connectivity index (χ1) is 11.1. The molecule has 0 radical (unpaired) electrons. The van der Waals surface area contributed by atoms with Crippen LogP contribution in [-0.2, 0) is 0 Å². The molecule has 0 saturated carbocycles. The minimum Gasteiger partial charge on any atom is -0.467 e. The van der Waals surface area contributed by atoms with E-state index in [4.69, 9.17) is 4.42 Å². The lowest BCUT2D eigenvalue weighted by Crippen LogP contribution is -2.37. The molecule has 2 atom stereocenters. The summed E-state index contributed by atoms with van der Waals surface area (Å²) in [7, 11) is 0. The molecule has 0 aliphatic rings. The third kappa shape index (κ3) is 3.49. The lowest BCUT2D eigenvalue weighted by Gasteiger charge is -2.16. The Balaban J connectivity index is 1.56. The summed E-state index contributed by atoms with van der Waals surface area (Å²) < 4.78 is 6.80. The highest BCUT2D eigenvalue weighted by Gasteiger charge is 2.17. The molecule has 120 valence electrons. The lowest BCUT2D eigenvalue weighted by molar-refractivity contribution is 0.130. The number of furan rings is 1. The van der Waals surface area contributed by atoms with E-state index < -0.39 is 12.1 Å². The Bertz CT molecular complexity index is 783. The zero-order valence-corrected chi connectivity index (χ0v) is 12.5. The molecule has 2 amide bonds. The Hall–Kier alpha value is -2.87. The maximum atomic E-state index is 12.0. The molecular formula is C15H17N5O3. The van der Waals surface area contributed by atoms with Gasteiger partial charge in [0.1, 0.15) is 11.9 Å². The van der Waals surface area contributed by atoms with Crippen molar-refractivity contribution in [3.8, 4) is 0 Å². The van der Waals surface area contributed by atoms with Crippen LogP contribution in [0.3, 0.4) is 0 Å². The van der Waals surface area contributed by atoms with E-state index in [0.29, 0.717) is 23.8 Å². The molecule has 3 N–H and O–H groups in total. The highest BCUT2D eigenvalue weighted by Crippen LogP contribution is 2.18. The van der Waals surface area contributed by atoms with Gasteiger partial charge in [-0.15, -0.1) is 10.2 Å². The van der Waals surface area contributed by atoms with Gasteiger partial charge in [-0.05, 0) is 31.2 Å². The number of carbonyl (C=O) groups excluding carboxylic acids is 1. The van der Waals surface area contributed by atoms with Gasteiger partial charge < -0.3 is 14.8 Å². The molecule has 3 heterocycles. The molecule has 0 aromatic carbocycles. The molecule has 3 rings (SSSR count). The van der Waals surface area contributed by atoms with Crippen LogP contribution in [0.2, 0.25) is 0 Å². The van der Waals surface area contributed by atoms with Crippen LogP contribution in [-0.4, -0.2) is 31.8 Å². The van der Waals surface area contributed by atoms with Gasteiger partial charge in [-0.1, -0.05) is 6.07 Å². The molecule has 3 aromatic heterocycles. The van der Waals surface area contributed by atoms with E-state index >= 15 is 0 Å². The van der Waals surface area contributed by atoms with Crippen LogP contribution in [0.4, 0.5) is 10.7 Å². The van der Waals surface area contributed by atoms with Gasteiger partial charge >= 0.3 is 6.03 Å². The number of aliphatic hydroxyl groups excluding tert-OH is 1. The molecule has 0 unspecified atom stereocenters. The predicted molar refractivity (Wildman–Crippen MR) is 82.9 cm³/mol. The third-order valence-corrected chi connectivity index (χ3v) is 3.36. The number of hydrogen-bond donors (Lipinski definition) is 3. The van der Waals surface area contributed by atoms with Crippen LogP contribution in [0, 0.1) is 0 Å². The highest BCUT2D eigenvalue weighted by atomic mass is 16.4. The molecule has 0 saturated heterocycles. The maximum absolute atomic E-state index is 12.0. The van der Waals surface area contributed by atoms with Gasteiger partial charge in [0.2, 0.25) is 5.95 Å².